The van der Waals surface area contributed by atoms with E-state index in [2.05, 4.69) is 11.9 Å². The highest BCUT2D eigenvalue weighted by atomic mass is 32.1. The molecule has 1 aromatic heterocycles. The summed E-state index contributed by atoms with van der Waals surface area (Å²) in [6.07, 6.45) is 6.72. The van der Waals surface area contributed by atoms with Crippen LogP contribution in [-0.4, -0.2) is 25.0 Å². The zero-order valence-electron chi connectivity index (χ0n) is 17.5. The zero-order valence-corrected chi connectivity index (χ0v) is 18.3. The van der Waals surface area contributed by atoms with E-state index in [-0.39, 0.29) is 5.91 Å². The van der Waals surface area contributed by atoms with Crippen molar-refractivity contribution < 1.29 is 19.1 Å². The summed E-state index contributed by atoms with van der Waals surface area (Å²) in [6, 6.07) is 5.55. The Bertz CT molecular complexity index is 951. The Balaban J connectivity index is 1.76. The minimum Gasteiger partial charge on any atom is -0.493 e. The predicted octanol–water partition coefficient (Wildman–Crippen LogP) is 4.26. The van der Waals surface area contributed by atoms with Crippen molar-refractivity contribution in [1.29, 1.82) is 0 Å². The lowest BCUT2D eigenvalue weighted by molar-refractivity contribution is -0.122. The number of hydrogen-bond acceptors (Lipinski definition) is 5. The molecule has 1 aliphatic rings. The number of thiophene rings is 1. The van der Waals surface area contributed by atoms with Crippen molar-refractivity contribution in [2.75, 3.05) is 12.4 Å². The van der Waals surface area contributed by atoms with Gasteiger partial charge in [-0.1, -0.05) is 18.6 Å². The van der Waals surface area contributed by atoms with E-state index in [1.807, 2.05) is 18.2 Å². The van der Waals surface area contributed by atoms with Crippen LogP contribution in [0.3, 0.4) is 0 Å². The number of primary amides is 1. The largest absolute Gasteiger partial charge is 0.493 e. The molecule has 30 heavy (non-hydrogen) atoms. The van der Waals surface area contributed by atoms with Crippen LogP contribution in [0.15, 0.2) is 30.9 Å². The SMILES string of the molecule is C=CCc1ccc(O[C@@H](C)C(=O)Nc2sc3c(c2C(N)=O)CCCCC3)c(OC)c1. The molecule has 7 heteroatoms. The highest BCUT2D eigenvalue weighted by molar-refractivity contribution is 7.17. The van der Waals surface area contributed by atoms with Crippen LogP contribution in [0.5, 0.6) is 11.5 Å². The highest BCUT2D eigenvalue weighted by Gasteiger charge is 2.26. The van der Waals surface area contributed by atoms with E-state index < -0.39 is 12.0 Å². The van der Waals surface area contributed by atoms with Gasteiger partial charge < -0.3 is 20.5 Å². The van der Waals surface area contributed by atoms with Gasteiger partial charge in [0.1, 0.15) is 5.00 Å². The topological polar surface area (TPSA) is 90.6 Å². The van der Waals surface area contributed by atoms with Gasteiger partial charge in [0.15, 0.2) is 17.6 Å². The summed E-state index contributed by atoms with van der Waals surface area (Å²) in [6.45, 7) is 5.40. The third-order valence-electron chi connectivity index (χ3n) is 5.19. The summed E-state index contributed by atoms with van der Waals surface area (Å²) in [4.78, 5) is 26.0. The Morgan fingerprint density at radius 3 is 2.73 bits per heavy atom. The van der Waals surface area contributed by atoms with E-state index in [0.29, 0.717) is 28.5 Å². The third kappa shape index (κ3) is 4.84. The minimum atomic E-state index is -0.785. The molecule has 0 saturated carbocycles. The molecule has 0 radical (unpaired) electrons. The van der Waals surface area contributed by atoms with Crippen LogP contribution in [0.1, 0.15) is 52.5 Å². The number of amides is 2. The maximum absolute atomic E-state index is 12.8. The van der Waals surface area contributed by atoms with Gasteiger partial charge in [-0.25, -0.2) is 0 Å². The quantitative estimate of drug-likeness (QED) is 0.486. The lowest BCUT2D eigenvalue weighted by atomic mass is 10.1. The fraction of sp³-hybridized carbons (Fsp3) is 0.391. The molecular weight excluding hydrogens is 400 g/mol. The first-order valence-electron chi connectivity index (χ1n) is 10.1. The van der Waals surface area contributed by atoms with Gasteiger partial charge in [-0.2, -0.15) is 0 Å². The average molecular weight is 429 g/mol. The van der Waals surface area contributed by atoms with Gasteiger partial charge in [0, 0.05) is 4.88 Å². The number of nitrogens with one attached hydrogen (secondary N) is 1. The highest BCUT2D eigenvalue weighted by Crippen LogP contribution is 2.37. The van der Waals surface area contributed by atoms with Crippen molar-refractivity contribution in [3.05, 3.63) is 52.4 Å². The van der Waals surface area contributed by atoms with Gasteiger partial charge in [0.05, 0.1) is 12.7 Å². The molecule has 2 amide bonds. The lowest BCUT2D eigenvalue weighted by Crippen LogP contribution is -2.30. The molecule has 3 N–H and O–H groups in total. The van der Waals surface area contributed by atoms with Gasteiger partial charge in [0.2, 0.25) is 0 Å². The van der Waals surface area contributed by atoms with Crippen molar-refractivity contribution in [3.63, 3.8) is 0 Å². The Morgan fingerprint density at radius 2 is 2.03 bits per heavy atom. The van der Waals surface area contributed by atoms with E-state index in [9.17, 15) is 9.59 Å². The van der Waals surface area contributed by atoms with Crippen LogP contribution in [0.4, 0.5) is 5.00 Å². The molecule has 0 aliphatic heterocycles. The number of carbonyl (C=O) groups is 2. The second-order valence-corrected chi connectivity index (χ2v) is 8.47. The molecule has 160 valence electrons. The summed E-state index contributed by atoms with van der Waals surface area (Å²) < 4.78 is 11.3. The molecule has 0 bridgehead atoms. The number of allylic oxidation sites excluding steroid dienone is 1. The van der Waals surface area contributed by atoms with Gasteiger partial charge in [-0.3, -0.25) is 9.59 Å². The van der Waals surface area contributed by atoms with E-state index in [4.69, 9.17) is 15.2 Å². The normalized spacial score (nSPS) is 14.2. The fourth-order valence-corrected chi connectivity index (χ4v) is 4.95. The smallest absolute Gasteiger partial charge is 0.265 e. The van der Waals surface area contributed by atoms with Crippen molar-refractivity contribution in [2.45, 2.75) is 51.6 Å². The first-order chi connectivity index (χ1) is 14.4. The maximum atomic E-state index is 12.8. The molecule has 1 aromatic carbocycles. The number of rotatable bonds is 8. The number of benzene rings is 1. The predicted molar refractivity (Wildman–Crippen MR) is 120 cm³/mol. The van der Waals surface area contributed by atoms with E-state index in [1.165, 1.54) is 11.3 Å². The first-order valence-corrected chi connectivity index (χ1v) is 11.0. The molecule has 0 saturated heterocycles. The van der Waals surface area contributed by atoms with Crippen molar-refractivity contribution in [2.24, 2.45) is 5.73 Å². The molecule has 1 atom stereocenters. The lowest BCUT2D eigenvalue weighted by Gasteiger charge is -2.17. The van der Waals surface area contributed by atoms with Crippen LogP contribution in [0.2, 0.25) is 0 Å². The second kappa shape index (κ2) is 9.80. The van der Waals surface area contributed by atoms with Crippen LogP contribution in [0, 0.1) is 0 Å². The van der Waals surface area contributed by atoms with E-state index in [0.717, 1.165) is 48.1 Å². The first kappa shape index (κ1) is 21.9. The minimum absolute atomic E-state index is 0.342. The number of hydrogen-bond donors (Lipinski definition) is 2. The summed E-state index contributed by atoms with van der Waals surface area (Å²) in [5.41, 5.74) is 8.13. The summed E-state index contributed by atoms with van der Waals surface area (Å²) in [5, 5.41) is 3.38. The summed E-state index contributed by atoms with van der Waals surface area (Å²) >= 11 is 1.45. The van der Waals surface area contributed by atoms with E-state index >= 15 is 0 Å². The summed E-state index contributed by atoms with van der Waals surface area (Å²) in [5.74, 6) is 0.184. The number of fused-ring (bicyclic) bond motifs is 1. The van der Waals surface area contributed by atoms with Gasteiger partial charge in [0.25, 0.3) is 11.8 Å². The van der Waals surface area contributed by atoms with Crippen molar-refractivity contribution in [1.82, 2.24) is 0 Å². The Kier molecular flexibility index (Phi) is 7.15. The maximum Gasteiger partial charge on any atom is 0.265 e. The van der Waals surface area contributed by atoms with Crippen LogP contribution in [-0.2, 0) is 24.1 Å². The standard InChI is InChI=1S/C23H28N2O4S/c1-4-8-15-11-12-17(18(13-15)28-3)29-14(2)22(27)25-23-20(21(24)26)16-9-6-5-7-10-19(16)30-23/h4,11-14H,1,5-10H2,2-3H3,(H2,24,26)(H,25,27)/t14-/m0/s1. The Hall–Kier alpha value is -2.80. The van der Waals surface area contributed by atoms with Crippen molar-refractivity contribution in [3.8, 4) is 11.5 Å². The Morgan fingerprint density at radius 1 is 1.27 bits per heavy atom. The molecule has 3 rings (SSSR count). The van der Waals surface area contributed by atoms with Gasteiger partial charge >= 0.3 is 0 Å². The van der Waals surface area contributed by atoms with Crippen molar-refractivity contribution >= 4 is 28.2 Å². The van der Waals surface area contributed by atoms with Crippen LogP contribution < -0.4 is 20.5 Å². The molecule has 1 heterocycles. The molecule has 6 nitrogen and oxygen atoms in total. The molecular formula is C23H28N2O4S. The number of aryl methyl sites for hydroxylation is 1. The summed E-state index contributed by atoms with van der Waals surface area (Å²) in [7, 11) is 1.56. The number of methoxy groups -OCH3 is 1. The number of carbonyl (C=O) groups excluding carboxylic acids is 2. The molecule has 0 unspecified atom stereocenters. The van der Waals surface area contributed by atoms with E-state index in [1.54, 1.807) is 20.1 Å². The number of ether oxygens (including phenoxy) is 2. The Labute approximate surface area is 181 Å². The number of nitrogens with two attached hydrogens (primary N) is 1. The zero-order chi connectivity index (χ0) is 21.7. The van der Waals surface area contributed by atoms with Gasteiger partial charge in [-0.15, -0.1) is 17.9 Å². The average Bonchev–Trinajstić information content (AvgIpc) is 2.90. The molecule has 0 spiro atoms. The third-order valence-corrected chi connectivity index (χ3v) is 6.39. The van der Waals surface area contributed by atoms with Crippen LogP contribution in [0.25, 0.3) is 0 Å². The van der Waals surface area contributed by atoms with Crippen LogP contribution >= 0.6 is 11.3 Å². The van der Waals surface area contributed by atoms with Gasteiger partial charge in [-0.05, 0) is 62.3 Å². The fourth-order valence-electron chi connectivity index (χ4n) is 3.65. The molecule has 0 fully saturated rings. The molecule has 1 aliphatic carbocycles. The monoisotopic (exact) mass is 428 g/mol. The second-order valence-electron chi connectivity index (χ2n) is 7.36. The number of anilines is 1. The molecule has 2 aromatic rings.